The molecule has 3 heteroatoms. The van der Waals surface area contributed by atoms with E-state index in [4.69, 9.17) is 11.0 Å². The molecule has 0 aliphatic heterocycles. The molecule has 0 bridgehead atoms. The lowest BCUT2D eigenvalue weighted by Gasteiger charge is -2.04. The van der Waals surface area contributed by atoms with Gasteiger partial charge >= 0.3 is 0 Å². The van der Waals surface area contributed by atoms with Gasteiger partial charge in [-0.3, -0.25) is 4.98 Å². The molecule has 3 nitrogen and oxygen atoms in total. The van der Waals surface area contributed by atoms with Crippen molar-refractivity contribution >= 4 is 0 Å². The van der Waals surface area contributed by atoms with Crippen LogP contribution in [0.3, 0.4) is 0 Å². The van der Waals surface area contributed by atoms with Gasteiger partial charge in [0, 0.05) is 18.4 Å². The predicted molar refractivity (Wildman–Crippen MR) is 41.4 cm³/mol. The van der Waals surface area contributed by atoms with Gasteiger partial charge in [-0.25, -0.2) is 0 Å². The number of nitrogens with two attached hydrogens (primary N) is 1. The number of nitrogens with zero attached hydrogens (tertiary/aromatic N) is 2. The van der Waals surface area contributed by atoms with Crippen LogP contribution in [0.5, 0.6) is 0 Å². The van der Waals surface area contributed by atoms with Crippen LogP contribution in [0.15, 0.2) is 24.5 Å². The summed E-state index contributed by atoms with van der Waals surface area (Å²) in [4.78, 5) is 3.90. The first kappa shape index (κ1) is 7.70. The highest BCUT2D eigenvalue weighted by molar-refractivity contribution is 5.14. The molecule has 0 aromatic carbocycles. The quantitative estimate of drug-likeness (QED) is 0.678. The molecular formula is C8H9N3. The zero-order valence-electron chi connectivity index (χ0n) is 6.07. The van der Waals surface area contributed by atoms with E-state index < -0.39 is 0 Å². The minimum atomic E-state index is -0.200. The molecule has 1 aromatic heterocycles. The second-order valence-electron chi connectivity index (χ2n) is 2.26. The predicted octanol–water partition coefficient (Wildman–Crippen LogP) is 0.995. The van der Waals surface area contributed by atoms with Gasteiger partial charge in [0.05, 0.1) is 12.5 Å². The molecule has 1 aromatic rings. The van der Waals surface area contributed by atoms with Gasteiger partial charge in [-0.1, -0.05) is 6.07 Å². The Labute approximate surface area is 65.5 Å². The third kappa shape index (κ3) is 2.03. The summed E-state index contributed by atoms with van der Waals surface area (Å²) in [6, 6.07) is 5.50. The molecule has 2 N–H and O–H groups in total. The van der Waals surface area contributed by atoms with E-state index in [2.05, 4.69) is 4.98 Å². The Morgan fingerprint density at radius 2 is 2.55 bits per heavy atom. The van der Waals surface area contributed by atoms with Crippen LogP contribution in [-0.2, 0) is 0 Å². The highest BCUT2D eigenvalue weighted by Crippen LogP contribution is 2.10. The summed E-state index contributed by atoms with van der Waals surface area (Å²) in [6.07, 6.45) is 3.70. The standard InChI is InChI=1S/C8H9N3/c9-4-3-8(10)7-2-1-5-11-6-7/h1-2,5-6,8H,3,10H2. The summed E-state index contributed by atoms with van der Waals surface area (Å²) in [5.74, 6) is 0. The number of nitriles is 1. The third-order valence-corrected chi connectivity index (χ3v) is 1.42. The first-order valence-corrected chi connectivity index (χ1v) is 3.37. The number of aromatic nitrogens is 1. The molecule has 56 valence electrons. The molecule has 0 spiro atoms. The van der Waals surface area contributed by atoms with Gasteiger partial charge < -0.3 is 5.73 Å². The summed E-state index contributed by atoms with van der Waals surface area (Å²) in [5, 5.41) is 8.35. The third-order valence-electron chi connectivity index (χ3n) is 1.42. The molecule has 0 fully saturated rings. The normalized spacial score (nSPS) is 12.0. The minimum Gasteiger partial charge on any atom is -0.323 e. The zero-order chi connectivity index (χ0) is 8.10. The van der Waals surface area contributed by atoms with Crippen molar-refractivity contribution in [2.45, 2.75) is 12.5 Å². The van der Waals surface area contributed by atoms with E-state index in [1.165, 1.54) is 0 Å². The maximum absolute atomic E-state index is 8.35. The van der Waals surface area contributed by atoms with E-state index in [1.807, 2.05) is 18.2 Å². The van der Waals surface area contributed by atoms with E-state index in [9.17, 15) is 0 Å². The first-order chi connectivity index (χ1) is 5.34. The van der Waals surface area contributed by atoms with Crippen LogP contribution < -0.4 is 5.73 Å². The van der Waals surface area contributed by atoms with E-state index >= 15 is 0 Å². The van der Waals surface area contributed by atoms with Crippen LogP contribution in [-0.4, -0.2) is 4.98 Å². The largest absolute Gasteiger partial charge is 0.323 e. The van der Waals surface area contributed by atoms with Gasteiger partial charge in [0.2, 0.25) is 0 Å². The number of hydrogen-bond donors (Lipinski definition) is 1. The van der Waals surface area contributed by atoms with Crippen molar-refractivity contribution in [2.24, 2.45) is 5.73 Å². The second kappa shape index (κ2) is 3.69. The van der Waals surface area contributed by atoms with Crippen molar-refractivity contribution < 1.29 is 0 Å². The van der Waals surface area contributed by atoms with Crippen LogP contribution in [0.25, 0.3) is 0 Å². The summed E-state index contributed by atoms with van der Waals surface area (Å²) in [6.45, 7) is 0. The second-order valence-corrected chi connectivity index (χ2v) is 2.26. The van der Waals surface area contributed by atoms with E-state index in [1.54, 1.807) is 12.4 Å². The van der Waals surface area contributed by atoms with Crippen LogP contribution in [0.2, 0.25) is 0 Å². The van der Waals surface area contributed by atoms with Crippen molar-refractivity contribution in [3.8, 4) is 6.07 Å². The molecule has 11 heavy (non-hydrogen) atoms. The summed E-state index contributed by atoms with van der Waals surface area (Å²) < 4.78 is 0. The van der Waals surface area contributed by atoms with E-state index in [0.717, 1.165) is 5.56 Å². The lowest BCUT2D eigenvalue weighted by molar-refractivity contribution is 0.744. The maximum atomic E-state index is 8.35. The van der Waals surface area contributed by atoms with Crippen LogP contribution in [0.4, 0.5) is 0 Å². The number of hydrogen-bond acceptors (Lipinski definition) is 3. The lowest BCUT2D eigenvalue weighted by Crippen LogP contribution is -2.08. The fraction of sp³-hybridized carbons (Fsp3) is 0.250. The minimum absolute atomic E-state index is 0.200. The van der Waals surface area contributed by atoms with Gasteiger partial charge in [-0.2, -0.15) is 5.26 Å². The zero-order valence-corrected chi connectivity index (χ0v) is 6.07. The van der Waals surface area contributed by atoms with Crippen molar-refractivity contribution in [1.82, 2.24) is 4.98 Å². The topological polar surface area (TPSA) is 62.7 Å². The highest BCUT2D eigenvalue weighted by atomic mass is 14.7. The fourth-order valence-corrected chi connectivity index (χ4v) is 0.812. The summed E-state index contributed by atoms with van der Waals surface area (Å²) in [7, 11) is 0. The number of pyridine rings is 1. The maximum Gasteiger partial charge on any atom is 0.0641 e. The Morgan fingerprint density at radius 1 is 1.73 bits per heavy atom. The molecule has 1 unspecified atom stereocenters. The molecule has 0 radical (unpaired) electrons. The average molecular weight is 147 g/mol. The molecule has 1 atom stereocenters. The van der Waals surface area contributed by atoms with Crippen LogP contribution in [0, 0.1) is 11.3 Å². The Kier molecular flexibility index (Phi) is 2.59. The van der Waals surface area contributed by atoms with Crippen molar-refractivity contribution in [3.63, 3.8) is 0 Å². The molecule has 0 saturated carbocycles. The SMILES string of the molecule is N#CCC(N)c1cccnc1. The first-order valence-electron chi connectivity index (χ1n) is 3.37. The summed E-state index contributed by atoms with van der Waals surface area (Å²) in [5.41, 5.74) is 6.55. The smallest absolute Gasteiger partial charge is 0.0641 e. The van der Waals surface area contributed by atoms with Crippen molar-refractivity contribution in [2.75, 3.05) is 0 Å². The summed E-state index contributed by atoms with van der Waals surface area (Å²) >= 11 is 0. The highest BCUT2D eigenvalue weighted by Gasteiger charge is 2.02. The molecule has 1 heterocycles. The molecule has 0 aliphatic rings. The average Bonchev–Trinajstić information content (AvgIpc) is 2.07. The van der Waals surface area contributed by atoms with E-state index in [0.29, 0.717) is 6.42 Å². The van der Waals surface area contributed by atoms with Gasteiger partial charge in [-0.15, -0.1) is 0 Å². The Balaban J connectivity index is 2.70. The Morgan fingerprint density at radius 3 is 3.09 bits per heavy atom. The fourth-order valence-electron chi connectivity index (χ4n) is 0.812. The molecule has 0 saturated heterocycles. The molecule has 0 amide bonds. The van der Waals surface area contributed by atoms with Crippen LogP contribution >= 0.6 is 0 Å². The van der Waals surface area contributed by atoms with Crippen LogP contribution in [0.1, 0.15) is 18.0 Å². The Bertz CT molecular complexity index is 250. The van der Waals surface area contributed by atoms with Gasteiger partial charge in [0.1, 0.15) is 0 Å². The van der Waals surface area contributed by atoms with Gasteiger partial charge in [-0.05, 0) is 11.6 Å². The number of rotatable bonds is 2. The molecular weight excluding hydrogens is 138 g/mol. The monoisotopic (exact) mass is 147 g/mol. The lowest BCUT2D eigenvalue weighted by atomic mass is 10.1. The Hall–Kier alpha value is -1.40. The van der Waals surface area contributed by atoms with Crippen molar-refractivity contribution in [1.29, 1.82) is 5.26 Å². The van der Waals surface area contributed by atoms with Crippen molar-refractivity contribution in [3.05, 3.63) is 30.1 Å². The van der Waals surface area contributed by atoms with E-state index in [-0.39, 0.29) is 6.04 Å². The molecule has 0 aliphatic carbocycles. The molecule has 1 rings (SSSR count). The van der Waals surface area contributed by atoms with Gasteiger partial charge in [0.15, 0.2) is 0 Å². The van der Waals surface area contributed by atoms with Gasteiger partial charge in [0.25, 0.3) is 0 Å².